The fourth-order valence-corrected chi connectivity index (χ4v) is 5.43. The summed E-state index contributed by atoms with van der Waals surface area (Å²) in [4.78, 5) is 44.4. The molecule has 0 radical (unpaired) electrons. The second-order valence-electron chi connectivity index (χ2n) is 7.56. The van der Waals surface area contributed by atoms with Gasteiger partial charge < -0.3 is 4.84 Å². The first kappa shape index (κ1) is 14.8. The van der Waals surface area contributed by atoms with Gasteiger partial charge in [-0.2, -0.15) is 0 Å². The van der Waals surface area contributed by atoms with E-state index in [1.54, 1.807) is 24.3 Å². The summed E-state index contributed by atoms with van der Waals surface area (Å²) in [5, 5.41) is 4.09. The second-order valence-corrected chi connectivity index (χ2v) is 7.56. The number of hydrogen-bond donors (Lipinski definition) is 0. The first-order valence-corrected chi connectivity index (χ1v) is 8.68. The SMILES string of the molecule is CC(=O)c1ccc(N2C(=O)[C@@H]3[C@H]4C[C@H]([C@@H]5ON=C(C)[C@H]45)[C@@H]3C2=O)cc1. The predicted octanol–water partition coefficient (Wildman–Crippen LogP) is 2.04. The van der Waals surface area contributed by atoms with E-state index < -0.39 is 0 Å². The number of ketones is 1. The van der Waals surface area contributed by atoms with Gasteiger partial charge in [-0.25, -0.2) is 0 Å². The van der Waals surface area contributed by atoms with Gasteiger partial charge in [-0.1, -0.05) is 5.16 Å². The van der Waals surface area contributed by atoms with Crippen molar-refractivity contribution in [3.8, 4) is 0 Å². The molecule has 4 aliphatic rings. The summed E-state index contributed by atoms with van der Waals surface area (Å²) in [5.41, 5.74) is 2.06. The molecule has 1 aromatic rings. The minimum absolute atomic E-state index is 0.0414. The Kier molecular flexibility index (Phi) is 2.83. The summed E-state index contributed by atoms with van der Waals surface area (Å²) in [6.45, 7) is 3.44. The summed E-state index contributed by atoms with van der Waals surface area (Å²) in [7, 11) is 0. The molecule has 2 bridgehead atoms. The average molecular weight is 338 g/mol. The summed E-state index contributed by atoms with van der Waals surface area (Å²) in [6.07, 6.45) is 0.814. The zero-order chi connectivity index (χ0) is 17.5. The molecule has 0 spiro atoms. The van der Waals surface area contributed by atoms with Gasteiger partial charge in [0, 0.05) is 17.4 Å². The van der Waals surface area contributed by atoms with Crippen LogP contribution in [0, 0.1) is 29.6 Å². The Morgan fingerprint density at radius 3 is 2.36 bits per heavy atom. The molecule has 2 saturated carbocycles. The molecule has 128 valence electrons. The maximum atomic E-state index is 13.1. The number of rotatable bonds is 2. The monoisotopic (exact) mass is 338 g/mol. The summed E-state index contributed by atoms with van der Waals surface area (Å²) < 4.78 is 0. The Balaban J connectivity index is 1.50. The lowest BCUT2D eigenvalue weighted by Crippen LogP contribution is -2.40. The number of fused-ring (bicyclic) bond motifs is 8. The van der Waals surface area contributed by atoms with Gasteiger partial charge in [-0.05, 0) is 50.5 Å². The Bertz CT molecular complexity index is 843. The molecule has 1 aromatic carbocycles. The van der Waals surface area contributed by atoms with E-state index in [1.165, 1.54) is 11.8 Å². The number of anilines is 1. The third kappa shape index (κ3) is 1.74. The normalized spacial score (nSPS) is 37.8. The van der Waals surface area contributed by atoms with Crippen molar-refractivity contribution in [1.29, 1.82) is 0 Å². The predicted molar refractivity (Wildman–Crippen MR) is 89.0 cm³/mol. The van der Waals surface area contributed by atoms with Crippen molar-refractivity contribution in [3.05, 3.63) is 29.8 Å². The maximum absolute atomic E-state index is 13.1. The van der Waals surface area contributed by atoms with E-state index >= 15 is 0 Å². The lowest BCUT2D eigenvalue weighted by atomic mass is 9.72. The Labute approximate surface area is 144 Å². The van der Waals surface area contributed by atoms with E-state index in [2.05, 4.69) is 5.16 Å². The van der Waals surface area contributed by atoms with Gasteiger partial charge in [-0.15, -0.1) is 0 Å². The van der Waals surface area contributed by atoms with E-state index in [9.17, 15) is 14.4 Å². The van der Waals surface area contributed by atoms with E-state index in [1.807, 2.05) is 6.92 Å². The molecule has 2 heterocycles. The van der Waals surface area contributed by atoms with Gasteiger partial charge >= 0.3 is 0 Å². The van der Waals surface area contributed by atoms with Crippen LogP contribution in [-0.2, 0) is 14.4 Å². The highest BCUT2D eigenvalue weighted by atomic mass is 16.6. The minimum Gasteiger partial charge on any atom is -0.392 e. The van der Waals surface area contributed by atoms with Crippen molar-refractivity contribution in [2.24, 2.45) is 34.7 Å². The molecule has 2 aliphatic carbocycles. The van der Waals surface area contributed by atoms with Gasteiger partial charge in [0.25, 0.3) is 0 Å². The Hall–Kier alpha value is -2.50. The molecule has 0 aromatic heterocycles. The zero-order valence-electron chi connectivity index (χ0n) is 14.0. The van der Waals surface area contributed by atoms with Crippen molar-refractivity contribution in [3.63, 3.8) is 0 Å². The first-order valence-electron chi connectivity index (χ1n) is 8.68. The van der Waals surface area contributed by atoms with Crippen LogP contribution in [0.4, 0.5) is 5.69 Å². The number of Topliss-reactive ketones (excluding diaryl/α,β-unsaturated/α-hetero) is 1. The van der Waals surface area contributed by atoms with Crippen LogP contribution in [0.25, 0.3) is 0 Å². The van der Waals surface area contributed by atoms with Crippen molar-refractivity contribution >= 4 is 29.0 Å². The molecule has 25 heavy (non-hydrogen) atoms. The molecule has 6 heteroatoms. The number of carbonyl (C=O) groups is 3. The number of benzene rings is 1. The van der Waals surface area contributed by atoms with Crippen LogP contribution in [0.1, 0.15) is 30.6 Å². The van der Waals surface area contributed by atoms with Gasteiger partial charge in [-0.3, -0.25) is 19.3 Å². The van der Waals surface area contributed by atoms with Crippen molar-refractivity contribution in [1.82, 2.24) is 0 Å². The third-order valence-corrected chi connectivity index (χ3v) is 6.43. The van der Waals surface area contributed by atoms with E-state index in [0.29, 0.717) is 11.3 Å². The van der Waals surface area contributed by atoms with E-state index in [0.717, 1.165) is 12.1 Å². The van der Waals surface area contributed by atoms with Crippen LogP contribution in [0.3, 0.4) is 0 Å². The standard InChI is InChI=1S/C19H18N2O4/c1-8-14-12-7-13(17(14)25-20-8)16-15(12)18(23)21(19(16)24)11-5-3-10(4-6-11)9(2)22/h3-6,12-17H,7H2,1-2H3/t12-,13-,14+,15+,16-,17-/m0/s1. The number of hydrogen-bond acceptors (Lipinski definition) is 5. The molecular formula is C19H18N2O4. The van der Waals surface area contributed by atoms with Crippen LogP contribution in [0.5, 0.6) is 0 Å². The van der Waals surface area contributed by atoms with Crippen molar-refractivity contribution < 1.29 is 19.2 Å². The summed E-state index contributed by atoms with van der Waals surface area (Å²) >= 11 is 0. The van der Waals surface area contributed by atoms with Crippen LogP contribution in [0.2, 0.25) is 0 Å². The van der Waals surface area contributed by atoms with Gasteiger partial charge in [0.05, 0.1) is 23.2 Å². The molecule has 2 aliphatic heterocycles. The zero-order valence-corrected chi connectivity index (χ0v) is 14.0. The van der Waals surface area contributed by atoms with Crippen molar-refractivity contribution in [2.75, 3.05) is 4.90 Å². The highest BCUT2D eigenvalue weighted by Crippen LogP contribution is 2.61. The van der Waals surface area contributed by atoms with Crippen LogP contribution in [-0.4, -0.2) is 29.4 Å². The molecule has 0 unspecified atom stereocenters. The number of imide groups is 1. The molecule has 6 atom stereocenters. The fourth-order valence-electron chi connectivity index (χ4n) is 5.43. The second kappa shape index (κ2) is 4.77. The van der Waals surface area contributed by atoms with Crippen LogP contribution < -0.4 is 4.90 Å². The molecule has 3 fully saturated rings. The lowest BCUT2D eigenvalue weighted by molar-refractivity contribution is -0.125. The number of carbonyl (C=O) groups excluding carboxylic acids is 3. The number of oxime groups is 1. The molecule has 1 saturated heterocycles. The van der Waals surface area contributed by atoms with Crippen LogP contribution >= 0.6 is 0 Å². The highest BCUT2D eigenvalue weighted by Gasteiger charge is 2.70. The molecular weight excluding hydrogens is 320 g/mol. The Morgan fingerprint density at radius 1 is 1.08 bits per heavy atom. The largest absolute Gasteiger partial charge is 0.392 e. The topological polar surface area (TPSA) is 76.0 Å². The van der Waals surface area contributed by atoms with E-state index in [-0.39, 0.29) is 53.3 Å². The summed E-state index contributed by atoms with van der Waals surface area (Å²) in [6, 6.07) is 6.68. The van der Waals surface area contributed by atoms with Gasteiger partial charge in [0.15, 0.2) is 5.78 Å². The molecule has 0 N–H and O–H groups in total. The third-order valence-electron chi connectivity index (χ3n) is 6.43. The lowest BCUT2D eigenvalue weighted by Gasteiger charge is -2.29. The highest BCUT2D eigenvalue weighted by molar-refractivity contribution is 6.23. The van der Waals surface area contributed by atoms with Crippen LogP contribution in [0.15, 0.2) is 29.4 Å². The van der Waals surface area contributed by atoms with Crippen molar-refractivity contribution in [2.45, 2.75) is 26.4 Å². The number of nitrogens with zero attached hydrogens (tertiary/aromatic N) is 2. The number of amides is 2. The molecule has 2 amide bonds. The van der Waals surface area contributed by atoms with Gasteiger partial charge in [0.1, 0.15) is 6.10 Å². The minimum atomic E-state index is -0.299. The summed E-state index contributed by atoms with van der Waals surface area (Å²) in [5.74, 6) is -0.474. The fraction of sp³-hybridized carbons (Fsp3) is 0.474. The maximum Gasteiger partial charge on any atom is 0.238 e. The molecule has 5 rings (SSSR count). The molecule has 6 nitrogen and oxygen atoms in total. The van der Waals surface area contributed by atoms with E-state index in [4.69, 9.17) is 4.84 Å². The quantitative estimate of drug-likeness (QED) is 0.611. The Morgan fingerprint density at radius 2 is 1.72 bits per heavy atom. The van der Waals surface area contributed by atoms with Gasteiger partial charge in [0.2, 0.25) is 11.8 Å². The smallest absolute Gasteiger partial charge is 0.238 e. The first-order chi connectivity index (χ1) is 12.0. The average Bonchev–Trinajstić information content (AvgIpc) is 3.30.